The van der Waals surface area contributed by atoms with Gasteiger partial charge in [-0.05, 0) is 42.3 Å². The molecule has 7 nitrogen and oxygen atoms in total. The highest BCUT2D eigenvalue weighted by atomic mass is 32.2. The molecule has 0 aliphatic rings. The van der Waals surface area contributed by atoms with Crippen LogP contribution in [0.25, 0.3) is 0 Å². The predicted octanol–water partition coefficient (Wildman–Crippen LogP) is 2.17. The summed E-state index contributed by atoms with van der Waals surface area (Å²) >= 11 is 0. The number of hydrazine groups is 1. The van der Waals surface area contributed by atoms with Crippen LogP contribution in [0.5, 0.6) is 0 Å². The molecule has 2 amide bonds. The summed E-state index contributed by atoms with van der Waals surface area (Å²) in [5.74, 6) is -1.53. The summed E-state index contributed by atoms with van der Waals surface area (Å²) in [5.41, 5.74) is 5.86. The van der Waals surface area contributed by atoms with Crippen LogP contribution in [0.3, 0.4) is 0 Å². The third-order valence-electron chi connectivity index (χ3n) is 4.39. The molecule has 0 unspecified atom stereocenters. The molecule has 156 valence electrons. The van der Waals surface area contributed by atoms with Gasteiger partial charge in [0.05, 0.1) is 11.3 Å². The summed E-state index contributed by atoms with van der Waals surface area (Å²) in [6.07, 6.45) is -0.0457. The van der Waals surface area contributed by atoms with Gasteiger partial charge in [-0.2, -0.15) is 4.31 Å². The van der Waals surface area contributed by atoms with E-state index in [0.717, 1.165) is 0 Å². The molecule has 2 aromatic carbocycles. The predicted molar refractivity (Wildman–Crippen MR) is 107 cm³/mol. The summed E-state index contributed by atoms with van der Waals surface area (Å²) in [7, 11) is -3.71. The molecule has 9 heteroatoms. The number of nitrogens with one attached hydrogen (secondary N) is 2. The number of benzene rings is 2. The largest absolute Gasteiger partial charge is 0.273 e. The normalized spacial score (nSPS) is 11.3. The Balaban J connectivity index is 2.10. The van der Waals surface area contributed by atoms with Gasteiger partial charge in [0.15, 0.2) is 0 Å². The number of amides is 2. The quantitative estimate of drug-likeness (QED) is 0.670. The number of sulfonamides is 1. The summed E-state index contributed by atoms with van der Waals surface area (Å²) in [5, 5.41) is 0. The Morgan fingerprint density at radius 3 is 2.21 bits per heavy atom. The van der Waals surface area contributed by atoms with Crippen LogP contribution in [-0.4, -0.2) is 37.6 Å². The van der Waals surface area contributed by atoms with Crippen LogP contribution in [0.1, 0.15) is 35.3 Å². The minimum atomic E-state index is -3.71. The number of carbonyl (C=O) groups excluding carboxylic acids is 2. The Morgan fingerprint density at radius 2 is 1.62 bits per heavy atom. The minimum absolute atomic E-state index is 0.00888. The molecule has 0 aliphatic heterocycles. The Bertz CT molecular complexity index is 987. The fourth-order valence-electron chi connectivity index (χ4n) is 2.74. The van der Waals surface area contributed by atoms with Gasteiger partial charge in [-0.15, -0.1) is 0 Å². The van der Waals surface area contributed by atoms with Crippen molar-refractivity contribution in [3.63, 3.8) is 0 Å². The highest BCUT2D eigenvalue weighted by Gasteiger charge is 2.23. The number of carbonyl (C=O) groups is 2. The molecular weight excluding hydrogens is 397 g/mol. The molecule has 0 atom stereocenters. The van der Waals surface area contributed by atoms with Crippen LogP contribution in [0.2, 0.25) is 0 Å². The topological polar surface area (TPSA) is 95.6 Å². The van der Waals surface area contributed by atoms with Gasteiger partial charge < -0.3 is 0 Å². The second-order valence-corrected chi connectivity index (χ2v) is 8.31. The van der Waals surface area contributed by atoms with Crippen molar-refractivity contribution in [2.75, 3.05) is 13.1 Å². The lowest BCUT2D eigenvalue weighted by Crippen LogP contribution is -2.42. The van der Waals surface area contributed by atoms with Gasteiger partial charge in [-0.1, -0.05) is 32.0 Å². The van der Waals surface area contributed by atoms with E-state index in [4.69, 9.17) is 0 Å². The lowest BCUT2D eigenvalue weighted by Gasteiger charge is -2.19. The summed E-state index contributed by atoms with van der Waals surface area (Å²) in [6, 6.07) is 9.73. The molecule has 2 aromatic rings. The van der Waals surface area contributed by atoms with Crippen LogP contribution < -0.4 is 10.9 Å². The number of aryl methyl sites for hydroxylation is 1. The first-order chi connectivity index (χ1) is 13.7. The second kappa shape index (κ2) is 9.62. The zero-order chi connectivity index (χ0) is 21.6. The molecule has 0 saturated carbocycles. The zero-order valence-corrected chi connectivity index (χ0v) is 17.3. The number of halogens is 1. The number of nitrogens with zero attached hydrogens (tertiary/aromatic N) is 1. The first kappa shape index (κ1) is 22.5. The molecule has 0 fully saturated rings. The molecule has 0 bridgehead atoms. The standard InChI is InChI=1S/C20H24FN3O4S/c1-4-24(5-2)29(27,28)17-11-6-14(3)18(13-17)20(26)23-22-19(25)12-15-7-9-16(21)10-8-15/h6-11,13H,4-5,12H2,1-3H3,(H,22,25)(H,23,26). The van der Waals surface area contributed by atoms with Crippen molar-refractivity contribution in [2.45, 2.75) is 32.1 Å². The van der Waals surface area contributed by atoms with E-state index in [1.165, 1.54) is 40.7 Å². The third-order valence-corrected chi connectivity index (χ3v) is 6.44. The fourth-order valence-corrected chi connectivity index (χ4v) is 4.23. The Labute approximate surface area is 169 Å². The summed E-state index contributed by atoms with van der Waals surface area (Å²) < 4.78 is 39.6. The maximum atomic E-state index is 12.9. The number of rotatable bonds is 7. The lowest BCUT2D eigenvalue weighted by atomic mass is 10.1. The lowest BCUT2D eigenvalue weighted by molar-refractivity contribution is -0.121. The Hall–Kier alpha value is -2.78. The van der Waals surface area contributed by atoms with Crippen LogP contribution in [0.15, 0.2) is 47.4 Å². The minimum Gasteiger partial charge on any atom is -0.273 e. The number of hydrogen-bond acceptors (Lipinski definition) is 4. The van der Waals surface area contributed by atoms with Crippen molar-refractivity contribution < 1.29 is 22.4 Å². The Morgan fingerprint density at radius 1 is 1.00 bits per heavy atom. The van der Waals surface area contributed by atoms with Gasteiger partial charge >= 0.3 is 0 Å². The van der Waals surface area contributed by atoms with Crippen molar-refractivity contribution in [3.8, 4) is 0 Å². The van der Waals surface area contributed by atoms with E-state index < -0.39 is 27.7 Å². The van der Waals surface area contributed by atoms with E-state index in [0.29, 0.717) is 24.2 Å². The molecule has 2 N–H and O–H groups in total. The summed E-state index contributed by atoms with van der Waals surface area (Å²) in [4.78, 5) is 24.5. The van der Waals surface area contributed by atoms with Gasteiger partial charge in [0.25, 0.3) is 5.91 Å². The van der Waals surface area contributed by atoms with Crippen LogP contribution >= 0.6 is 0 Å². The summed E-state index contributed by atoms with van der Waals surface area (Å²) in [6.45, 7) is 5.77. The molecule has 0 saturated heterocycles. The van der Waals surface area contributed by atoms with E-state index in [-0.39, 0.29) is 16.9 Å². The average molecular weight is 421 g/mol. The van der Waals surface area contributed by atoms with Gasteiger partial charge in [0.1, 0.15) is 5.82 Å². The Kier molecular flexibility index (Phi) is 7.46. The molecule has 0 radical (unpaired) electrons. The molecule has 0 spiro atoms. The van der Waals surface area contributed by atoms with Gasteiger partial charge in [0, 0.05) is 18.7 Å². The molecule has 0 heterocycles. The van der Waals surface area contributed by atoms with Gasteiger partial charge in [-0.3, -0.25) is 20.4 Å². The van der Waals surface area contributed by atoms with Crippen LogP contribution in [-0.2, 0) is 21.2 Å². The molecule has 2 rings (SSSR count). The first-order valence-electron chi connectivity index (χ1n) is 9.13. The zero-order valence-electron chi connectivity index (χ0n) is 16.5. The van der Waals surface area contributed by atoms with Crippen LogP contribution in [0, 0.1) is 12.7 Å². The van der Waals surface area contributed by atoms with Crippen molar-refractivity contribution >= 4 is 21.8 Å². The average Bonchev–Trinajstić information content (AvgIpc) is 2.69. The smallest absolute Gasteiger partial charge is 0.269 e. The molecule has 0 aliphatic carbocycles. The highest BCUT2D eigenvalue weighted by Crippen LogP contribution is 2.19. The van der Waals surface area contributed by atoms with Gasteiger partial charge in [-0.25, -0.2) is 12.8 Å². The van der Waals surface area contributed by atoms with Crippen molar-refractivity contribution in [2.24, 2.45) is 0 Å². The maximum Gasteiger partial charge on any atom is 0.269 e. The van der Waals surface area contributed by atoms with Crippen molar-refractivity contribution in [3.05, 3.63) is 65.0 Å². The maximum absolute atomic E-state index is 12.9. The monoisotopic (exact) mass is 421 g/mol. The molecular formula is C20H24FN3O4S. The van der Waals surface area contributed by atoms with E-state index in [9.17, 15) is 22.4 Å². The van der Waals surface area contributed by atoms with Crippen LogP contribution in [0.4, 0.5) is 4.39 Å². The van der Waals surface area contributed by atoms with E-state index in [1.807, 2.05) is 0 Å². The van der Waals surface area contributed by atoms with Gasteiger partial charge in [0.2, 0.25) is 15.9 Å². The molecule has 0 aromatic heterocycles. The van der Waals surface area contributed by atoms with E-state index >= 15 is 0 Å². The second-order valence-electron chi connectivity index (χ2n) is 6.37. The molecule has 29 heavy (non-hydrogen) atoms. The van der Waals surface area contributed by atoms with Crippen molar-refractivity contribution in [1.82, 2.24) is 15.2 Å². The van der Waals surface area contributed by atoms with Crippen molar-refractivity contribution in [1.29, 1.82) is 0 Å². The highest BCUT2D eigenvalue weighted by molar-refractivity contribution is 7.89. The van der Waals surface area contributed by atoms with E-state index in [2.05, 4.69) is 10.9 Å². The first-order valence-corrected chi connectivity index (χ1v) is 10.6. The SMILES string of the molecule is CCN(CC)S(=O)(=O)c1ccc(C)c(C(=O)NNC(=O)Cc2ccc(F)cc2)c1. The third kappa shape index (κ3) is 5.61. The number of hydrogen-bond donors (Lipinski definition) is 2. The van der Waals surface area contributed by atoms with E-state index in [1.54, 1.807) is 26.8 Å². The fraction of sp³-hybridized carbons (Fsp3) is 0.300.